The first-order valence-corrected chi connectivity index (χ1v) is 8.96. The van der Waals surface area contributed by atoms with Crippen LogP contribution in [-0.2, 0) is 17.5 Å². The standard InChI is InChI=1S/C21H18F3N5O/c1-28(13-15-7-9-17(10-8-15)21(22,23)24)14-19(30)27-20-16(11-25)12-26-29(20)18-5-3-2-4-6-18/h2-10,12H,13-14H2,1H3,(H,27,30). The Hall–Kier alpha value is -3.64. The lowest BCUT2D eigenvalue weighted by Gasteiger charge is -2.17. The number of alkyl halides is 3. The first-order valence-electron chi connectivity index (χ1n) is 8.96. The molecular weight excluding hydrogens is 395 g/mol. The van der Waals surface area contributed by atoms with E-state index in [1.165, 1.54) is 23.0 Å². The van der Waals surface area contributed by atoms with E-state index in [4.69, 9.17) is 0 Å². The van der Waals surface area contributed by atoms with Crippen molar-refractivity contribution in [2.45, 2.75) is 12.7 Å². The molecule has 0 radical (unpaired) electrons. The maximum absolute atomic E-state index is 12.7. The predicted octanol–water partition coefficient (Wildman–Crippen LogP) is 3.83. The Balaban J connectivity index is 1.66. The number of halogens is 3. The monoisotopic (exact) mass is 413 g/mol. The molecule has 0 aliphatic rings. The van der Waals surface area contributed by atoms with Crippen LogP contribution >= 0.6 is 0 Å². The molecule has 30 heavy (non-hydrogen) atoms. The van der Waals surface area contributed by atoms with E-state index in [1.54, 1.807) is 24.1 Å². The molecule has 9 heteroatoms. The van der Waals surface area contributed by atoms with Gasteiger partial charge in [-0.2, -0.15) is 23.5 Å². The van der Waals surface area contributed by atoms with Crippen molar-refractivity contribution in [2.75, 3.05) is 18.9 Å². The fourth-order valence-electron chi connectivity index (χ4n) is 2.90. The quantitative estimate of drug-likeness (QED) is 0.667. The van der Waals surface area contributed by atoms with Crippen LogP contribution in [0, 0.1) is 11.3 Å². The second-order valence-corrected chi connectivity index (χ2v) is 6.68. The largest absolute Gasteiger partial charge is 0.416 e. The summed E-state index contributed by atoms with van der Waals surface area (Å²) in [5, 5.41) is 16.2. The Kier molecular flexibility index (Phi) is 6.18. The van der Waals surface area contributed by atoms with Crippen LogP contribution in [0.1, 0.15) is 16.7 Å². The van der Waals surface area contributed by atoms with Gasteiger partial charge in [-0.3, -0.25) is 9.69 Å². The highest BCUT2D eigenvalue weighted by atomic mass is 19.4. The normalized spacial score (nSPS) is 11.3. The molecule has 1 heterocycles. The molecule has 0 atom stereocenters. The molecule has 2 aromatic carbocycles. The highest BCUT2D eigenvalue weighted by Gasteiger charge is 2.30. The van der Waals surface area contributed by atoms with E-state index in [0.29, 0.717) is 11.3 Å². The number of para-hydroxylation sites is 1. The summed E-state index contributed by atoms with van der Waals surface area (Å²) in [6, 6.07) is 15.8. The maximum Gasteiger partial charge on any atom is 0.416 e. The SMILES string of the molecule is CN(CC(=O)Nc1c(C#N)cnn1-c1ccccc1)Cc1ccc(C(F)(F)F)cc1. The van der Waals surface area contributed by atoms with Gasteiger partial charge >= 0.3 is 6.18 Å². The predicted molar refractivity (Wildman–Crippen MR) is 105 cm³/mol. The third kappa shape index (κ3) is 5.04. The molecule has 6 nitrogen and oxygen atoms in total. The smallest absolute Gasteiger partial charge is 0.308 e. The fraction of sp³-hybridized carbons (Fsp3) is 0.190. The number of anilines is 1. The van der Waals surface area contributed by atoms with E-state index in [-0.39, 0.29) is 30.4 Å². The van der Waals surface area contributed by atoms with Crippen LogP contribution in [0.15, 0.2) is 60.8 Å². The van der Waals surface area contributed by atoms with Crippen LogP contribution in [-0.4, -0.2) is 34.2 Å². The average Bonchev–Trinajstić information content (AvgIpc) is 3.10. The van der Waals surface area contributed by atoms with Crippen molar-refractivity contribution in [2.24, 2.45) is 0 Å². The highest BCUT2D eigenvalue weighted by molar-refractivity contribution is 5.92. The van der Waals surface area contributed by atoms with Gasteiger partial charge in [0.1, 0.15) is 11.6 Å². The molecule has 0 bridgehead atoms. The van der Waals surface area contributed by atoms with E-state index in [1.807, 2.05) is 24.3 Å². The average molecular weight is 413 g/mol. The minimum atomic E-state index is -4.38. The van der Waals surface area contributed by atoms with Gasteiger partial charge in [0.2, 0.25) is 5.91 Å². The Labute approximate surface area is 171 Å². The van der Waals surface area contributed by atoms with Gasteiger partial charge in [-0.15, -0.1) is 0 Å². The highest BCUT2D eigenvalue weighted by Crippen LogP contribution is 2.29. The number of aromatic nitrogens is 2. The van der Waals surface area contributed by atoms with Crippen molar-refractivity contribution in [1.29, 1.82) is 5.26 Å². The first kappa shape index (κ1) is 21.1. The molecule has 3 rings (SSSR count). The maximum atomic E-state index is 12.7. The molecule has 1 amide bonds. The number of nitrogens with one attached hydrogen (secondary N) is 1. The Morgan fingerprint density at radius 3 is 2.43 bits per heavy atom. The molecule has 0 unspecified atom stereocenters. The second kappa shape index (κ2) is 8.80. The van der Waals surface area contributed by atoms with E-state index < -0.39 is 11.7 Å². The van der Waals surface area contributed by atoms with Gasteiger partial charge in [0.25, 0.3) is 0 Å². The van der Waals surface area contributed by atoms with E-state index in [9.17, 15) is 23.2 Å². The number of rotatable bonds is 6. The molecule has 0 fully saturated rings. The summed E-state index contributed by atoms with van der Waals surface area (Å²) < 4.78 is 39.4. The summed E-state index contributed by atoms with van der Waals surface area (Å²) in [6.45, 7) is 0.264. The molecule has 0 aliphatic heterocycles. The van der Waals surface area contributed by atoms with E-state index in [0.717, 1.165) is 12.1 Å². The Bertz CT molecular complexity index is 1050. The van der Waals surface area contributed by atoms with Gasteiger partial charge in [-0.1, -0.05) is 30.3 Å². The van der Waals surface area contributed by atoms with Gasteiger partial charge in [-0.05, 0) is 36.9 Å². The molecule has 1 aromatic heterocycles. The third-order valence-corrected chi connectivity index (χ3v) is 4.30. The van der Waals surface area contributed by atoms with Crippen LogP contribution < -0.4 is 5.32 Å². The zero-order chi connectivity index (χ0) is 21.7. The summed E-state index contributed by atoms with van der Waals surface area (Å²) in [5.41, 5.74) is 0.834. The van der Waals surface area contributed by atoms with Crippen LogP contribution in [0.5, 0.6) is 0 Å². The number of amides is 1. The van der Waals surface area contributed by atoms with E-state index in [2.05, 4.69) is 10.4 Å². The molecular formula is C21H18F3N5O. The van der Waals surface area contributed by atoms with Gasteiger partial charge in [-0.25, -0.2) is 4.68 Å². The number of hydrogen-bond donors (Lipinski definition) is 1. The fourth-order valence-corrected chi connectivity index (χ4v) is 2.90. The van der Waals surface area contributed by atoms with Crippen molar-refractivity contribution in [3.63, 3.8) is 0 Å². The number of carbonyl (C=O) groups is 1. The lowest BCUT2D eigenvalue weighted by Crippen LogP contribution is -2.30. The number of nitrogens with zero attached hydrogens (tertiary/aromatic N) is 4. The summed E-state index contributed by atoms with van der Waals surface area (Å²) in [7, 11) is 1.68. The van der Waals surface area contributed by atoms with Crippen LogP contribution in [0.3, 0.4) is 0 Å². The summed E-state index contributed by atoms with van der Waals surface area (Å²) in [5.74, 6) is -0.116. The molecule has 0 saturated heterocycles. The number of likely N-dealkylation sites (N-methyl/N-ethyl adjacent to an activating group) is 1. The lowest BCUT2D eigenvalue weighted by molar-refractivity contribution is -0.137. The molecule has 0 spiro atoms. The number of carbonyl (C=O) groups excluding carboxylic acids is 1. The molecule has 0 saturated carbocycles. The number of hydrogen-bond acceptors (Lipinski definition) is 4. The van der Waals surface area contributed by atoms with Crippen molar-refractivity contribution in [3.05, 3.63) is 77.5 Å². The summed E-state index contributed by atoms with van der Waals surface area (Å²) >= 11 is 0. The van der Waals surface area contributed by atoms with Gasteiger partial charge in [0, 0.05) is 6.54 Å². The van der Waals surface area contributed by atoms with Crippen molar-refractivity contribution in [1.82, 2.24) is 14.7 Å². The minimum Gasteiger partial charge on any atom is -0.308 e. The third-order valence-electron chi connectivity index (χ3n) is 4.30. The van der Waals surface area contributed by atoms with Crippen molar-refractivity contribution >= 4 is 11.7 Å². The van der Waals surface area contributed by atoms with Crippen LogP contribution in [0.2, 0.25) is 0 Å². The zero-order valence-corrected chi connectivity index (χ0v) is 16.0. The molecule has 1 N–H and O–H groups in total. The Morgan fingerprint density at radius 1 is 1.17 bits per heavy atom. The summed E-state index contributed by atoms with van der Waals surface area (Å²) in [6.07, 6.45) is -3.01. The zero-order valence-electron chi connectivity index (χ0n) is 16.0. The first-order chi connectivity index (χ1) is 14.3. The van der Waals surface area contributed by atoms with Gasteiger partial charge < -0.3 is 5.32 Å². The van der Waals surface area contributed by atoms with Gasteiger partial charge in [0.05, 0.1) is 24.0 Å². The molecule has 3 aromatic rings. The lowest BCUT2D eigenvalue weighted by atomic mass is 10.1. The second-order valence-electron chi connectivity index (χ2n) is 6.68. The summed E-state index contributed by atoms with van der Waals surface area (Å²) in [4.78, 5) is 14.2. The van der Waals surface area contributed by atoms with Gasteiger partial charge in [0.15, 0.2) is 5.82 Å². The van der Waals surface area contributed by atoms with E-state index >= 15 is 0 Å². The van der Waals surface area contributed by atoms with Crippen LogP contribution in [0.25, 0.3) is 5.69 Å². The number of nitriles is 1. The van der Waals surface area contributed by atoms with Crippen molar-refractivity contribution < 1.29 is 18.0 Å². The Morgan fingerprint density at radius 2 is 1.83 bits per heavy atom. The number of benzene rings is 2. The van der Waals surface area contributed by atoms with Crippen molar-refractivity contribution in [3.8, 4) is 11.8 Å². The minimum absolute atomic E-state index is 0.0220. The topological polar surface area (TPSA) is 74.0 Å². The van der Waals surface area contributed by atoms with Crippen LogP contribution in [0.4, 0.5) is 19.0 Å². The molecule has 0 aliphatic carbocycles. The molecule has 154 valence electrons.